The summed E-state index contributed by atoms with van der Waals surface area (Å²) in [6, 6.07) is 13.1. The van der Waals surface area contributed by atoms with Crippen molar-refractivity contribution < 1.29 is 8.42 Å². The Labute approximate surface area is 174 Å². The zero-order valence-corrected chi connectivity index (χ0v) is 18.0. The molecule has 1 N–H and O–H groups in total. The van der Waals surface area contributed by atoms with Crippen LogP contribution < -0.4 is 10.3 Å². The van der Waals surface area contributed by atoms with Gasteiger partial charge in [-0.1, -0.05) is 36.4 Å². The van der Waals surface area contributed by atoms with E-state index in [9.17, 15) is 13.2 Å². The maximum atomic E-state index is 12.9. The molecular weight excluding hydrogens is 406 g/mol. The van der Waals surface area contributed by atoms with Crippen LogP contribution in [0.15, 0.2) is 52.6 Å². The molecule has 0 bridgehead atoms. The molecule has 6 nitrogen and oxygen atoms in total. The van der Waals surface area contributed by atoms with Gasteiger partial charge in [0, 0.05) is 34.7 Å². The molecule has 0 aliphatic carbocycles. The van der Waals surface area contributed by atoms with E-state index in [4.69, 9.17) is 4.98 Å². The number of fused-ring (bicyclic) bond motifs is 1. The minimum absolute atomic E-state index is 0.0639. The first-order valence-corrected chi connectivity index (χ1v) is 12.3. The van der Waals surface area contributed by atoms with E-state index in [1.54, 1.807) is 22.8 Å². The summed E-state index contributed by atoms with van der Waals surface area (Å²) in [5, 5.41) is 2.91. The van der Waals surface area contributed by atoms with Gasteiger partial charge in [0.1, 0.15) is 5.01 Å². The maximum Gasteiger partial charge on any atom is 0.253 e. The summed E-state index contributed by atoms with van der Waals surface area (Å²) in [4.78, 5) is 17.7. The molecule has 4 rings (SSSR count). The van der Waals surface area contributed by atoms with E-state index >= 15 is 0 Å². The molecule has 2 atom stereocenters. The molecule has 0 radical (unpaired) electrons. The van der Waals surface area contributed by atoms with Gasteiger partial charge < -0.3 is 4.57 Å². The quantitative estimate of drug-likeness (QED) is 0.676. The van der Waals surface area contributed by atoms with Crippen LogP contribution in [0.4, 0.5) is 0 Å². The van der Waals surface area contributed by atoms with E-state index in [-0.39, 0.29) is 17.6 Å². The molecule has 1 aromatic carbocycles. The van der Waals surface area contributed by atoms with Crippen molar-refractivity contribution >= 4 is 21.4 Å². The highest BCUT2D eigenvalue weighted by Crippen LogP contribution is 2.30. The molecule has 29 heavy (non-hydrogen) atoms. The van der Waals surface area contributed by atoms with Crippen LogP contribution in [0.25, 0.3) is 10.6 Å². The Morgan fingerprint density at radius 1 is 1.21 bits per heavy atom. The lowest BCUT2D eigenvalue weighted by molar-refractivity contribution is 0.313. The van der Waals surface area contributed by atoms with E-state index in [0.717, 1.165) is 28.2 Å². The molecule has 1 aliphatic rings. The smallest absolute Gasteiger partial charge is 0.253 e. The van der Waals surface area contributed by atoms with Gasteiger partial charge in [-0.3, -0.25) is 4.79 Å². The molecule has 0 fully saturated rings. The fourth-order valence-electron chi connectivity index (χ4n) is 3.91. The number of sulfonamides is 1. The first kappa shape index (κ1) is 20.0. The van der Waals surface area contributed by atoms with Crippen LogP contribution >= 0.6 is 11.3 Å². The molecule has 152 valence electrons. The number of thiazole rings is 1. The summed E-state index contributed by atoms with van der Waals surface area (Å²) >= 11 is 1.56. The normalized spacial score (nSPS) is 19.1. The number of hydrogen-bond acceptors (Lipinski definition) is 5. The second-order valence-electron chi connectivity index (χ2n) is 7.50. The average Bonchev–Trinajstić information content (AvgIpc) is 3.15. The van der Waals surface area contributed by atoms with Gasteiger partial charge in [-0.05, 0) is 25.8 Å². The molecule has 8 heteroatoms. The average molecular weight is 430 g/mol. The number of pyridine rings is 1. The summed E-state index contributed by atoms with van der Waals surface area (Å²) < 4.78 is 28.4. The minimum atomic E-state index is -3.40. The molecule has 2 aromatic heterocycles. The van der Waals surface area contributed by atoms with Crippen molar-refractivity contribution in [3.63, 3.8) is 0 Å². The fourth-order valence-corrected chi connectivity index (χ4v) is 5.57. The third-order valence-corrected chi connectivity index (χ3v) is 6.93. The number of hydrogen-bond donors (Lipinski definition) is 1. The monoisotopic (exact) mass is 429 g/mol. The number of rotatable bonds is 5. The van der Waals surface area contributed by atoms with Gasteiger partial charge in [0.2, 0.25) is 10.0 Å². The highest BCUT2D eigenvalue weighted by molar-refractivity contribution is 7.88. The van der Waals surface area contributed by atoms with Crippen molar-refractivity contribution in [1.82, 2.24) is 14.3 Å². The second kappa shape index (κ2) is 7.85. The molecule has 0 amide bonds. The van der Waals surface area contributed by atoms with Crippen LogP contribution in [0.3, 0.4) is 0 Å². The molecule has 1 aliphatic heterocycles. The van der Waals surface area contributed by atoms with Crippen molar-refractivity contribution in [1.29, 1.82) is 0 Å². The Bertz CT molecular complexity index is 1180. The summed E-state index contributed by atoms with van der Waals surface area (Å²) in [5.74, 6) is 0. The van der Waals surface area contributed by atoms with Gasteiger partial charge in [0.05, 0.1) is 18.0 Å². The molecule has 3 heterocycles. The largest absolute Gasteiger partial charge is 0.307 e. The Morgan fingerprint density at radius 2 is 1.97 bits per heavy atom. The van der Waals surface area contributed by atoms with Gasteiger partial charge in [-0.15, -0.1) is 11.3 Å². The number of nitrogens with zero attached hydrogens (tertiary/aromatic N) is 2. The predicted molar refractivity (Wildman–Crippen MR) is 116 cm³/mol. The van der Waals surface area contributed by atoms with E-state index in [1.165, 1.54) is 0 Å². The van der Waals surface area contributed by atoms with Crippen molar-refractivity contribution in [2.45, 2.75) is 38.3 Å². The van der Waals surface area contributed by atoms with Crippen LogP contribution in [0.1, 0.15) is 29.4 Å². The Kier molecular flexibility index (Phi) is 5.42. The Hall–Kier alpha value is -2.29. The van der Waals surface area contributed by atoms with Crippen molar-refractivity contribution in [2.75, 3.05) is 6.26 Å². The molecule has 0 saturated heterocycles. The van der Waals surface area contributed by atoms with Gasteiger partial charge in [-0.2, -0.15) is 0 Å². The van der Waals surface area contributed by atoms with E-state index in [2.05, 4.69) is 4.72 Å². The Morgan fingerprint density at radius 3 is 2.69 bits per heavy atom. The van der Waals surface area contributed by atoms with Crippen molar-refractivity contribution in [3.8, 4) is 10.6 Å². The maximum absolute atomic E-state index is 12.9. The summed E-state index contributed by atoms with van der Waals surface area (Å²) in [7, 11) is -3.40. The number of benzene rings is 1. The van der Waals surface area contributed by atoms with Crippen molar-refractivity contribution in [2.24, 2.45) is 0 Å². The molecular formula is C21H23N3O3S2. The minimum Gasteiger partial charge on any atom is -0.307 e. The van der Waals surface area contributed by atoms with E-state index < -0.39 is 10.0 Å². The highest BCUT2D eigenvalue weighted by Gasteiger charge is 2.33. The summed E-state index contributed by atoms with van der Waals surface area (Å²) in [5.41, 5.74) is 3.44. The Balaban J connectivity index is 1.72. The third-order valence-electron chi connectivity index (χ3n) is 5.26. The number of aromatic nitrogens is 2. The van der Waals surface area contributed by atoms with Gasteiger partial charge in [0.25, 0.3) is 5.56 Å². The zero-order chi connectivity index (χ0) is 20.6. The van der Waals surface area contributed by atoms with Crippen molar-refractivity contribution in [3.05, 3.63) is 75.1 Å². The lowest BCUT2D eigenvalue weighted by Crippen LogP contribution is -2.48. The third kappa shape index (κ3) is 4.34. The summed E-state index contributed by atoms with van der Waals surface area (Å²) in [6.45, 7) is 1.79. The molecule has 0 spiro atoms. The van der Waals surface area contributed by atoms with Crippen LogP contribution in [0, 0.1) is 6.92 Å². The first-order valence-electron chi connectivity index (χ1n) is 9.50. The number of nitrogens with one attached hydrogen (secondary N) is 1. The van der Waals surface area contributed by atoms with E-state index in [0.29, 0.717) is 24.8 Å². The van der Waals surface area contributed by atoms with Crippen LogP contribution in [0.2, 0.25) is 0 Å². The zero-order valence-electron chi connectivity index (χ0n) is 16.3. The summed E-state index contributed by atoms with van der Waals surface area (Å²) in [6.07, 6.45) is 2.96. The van der Waals surface area contributed by atoms with Gasteiger partial charge >= 0.3 is 0 Å². The van der Waals surface area contributed by atoms with Gasteiger partial charge in [-0.25, -0.2) is 18.1 Å². The highest BCUT2D eigenvalue weighted by atomic mass is 32.2. The topological polar surface area (TPSA) is 81.1 Å². The van der Waals surface area contributed by atoms with E-state index in [1.807, 2.05) is 47.8 Å². The predicted octanol–water partition coefficient (Wildman–Crippen LogP) is 2.93. The lowest BCUT2D eigenvalue weighted by atomic mass is 9.93. The lowest BCUT2D eigenvalue weighted by Gasteiger charge is -2.35. The SMILES string of the molecule is Cc1ccc2n(c1=O)C(Cc1csc(-c3ccccc3)n1)C(NS(C)(=O)=O)CC2. The number of aryl methyl sites for hydroxylation is 2. The molecule has 0 saturated carbocycles. The first-order chi connectivity index (χ1) is 13.8. The molecule has 2 unspecified atom stereocenters. The fraction of sp³-hybridized carbons (Fsp3) is 0.333. The van der Waals surface area contributed by atoms with Crippen LogP contribution in [0.5, 0.6) is 0 Å². The second-order valence-corrected chi connectivity index (χ2v) is 10.1. The van der Waals surface area contributed by atoms with Gasteiger partial charge in [0.15, 0.2) is 0 Å². The van der Waals surface area contributed by atoms with Crippen LogP contribution in [-0.4, -0.2) is 30.3 Å². The van der Waals surface area contributed by atoms with Crippen LogP contribution in [-0.2, 0) is 22.9 Å². The standard InChI is InChI=1S/C21H23N3O3S2/c1-14-8-9-17-10-11-18(23-29(2,26)27)19(24(17)21(14)25)12-16-13-28-20(22-16)15-6-4-3-5-7-15/h3-9,13,18-19,23H,10-12H2,1-2H3. The molecule has 3 aromatic rings.